The molecule has 630 valence electrons. The molecule has 0 aliphatic heterocycles. The standard InChI is InChI=1S/C87H170O17P2/c1-7-9-11-13-15-17-19-21-23-25-27-29-31-33-35-37-41-45-51-57-63-69-84(89)97-75-82(103-86(91)71-65-59-52-46-42-38-36-34-32-30-28-26-24-22-20-18-16-14-12-10-8-2)77-101-105(93,94)99-73-81(88)74-100-106(95,96)102-78-83(76-98-85(90)70-64-58-54-48-50-56-62-68-80(5)6)104-87(92)72-66-60-53-47-43-39-40-44-49-55-61-67-79(3)4/h79-83,88H,7-78H2,1-6H3,(H,93,94)(H,95,96)/t81-,82-,83-/m1/s1. The fourth-order valence-electron chi connectivity index (χ4n) is 13.6. The lowest BCUT2D eigenvalue weighted by molar-refractivity contribution is -0.161. The Morgan fingerprint density at radius 3 is 0.642 bits per heavy atom. The minimum absolute atomic E-state index is 0.106. The lowest BCUT2D eigenvalue weighted by atomic mass is 10.0. The van der Waals surface area contributed by atoms with Gasteiger partial charge in [0.05, 0.1) is 26.4 Å². The zero-order chi connectivity index (χ0) is 77.8. The minimum atomic E-state index is -4.97. The molecule has 0 aromatic rings. The van der Waals surface area contributed by atoms with Crippen LogP contribution < -0.4 is 0 Å². The summed E-state index contributed by atoms with van der Waals surface area (Å²) < 4.78 is 68.9. The van der Waals surface area contributed by atoms with Crippen molar-refractivity contribution in [3.05, 3.63) is 0 Å². The number of carbonyl (C=O) groups is 4. The molecule has 0 rings (SSSR count). The van der Waals surface area contributed by atoms with Gasteiger partial charge < -0.3 is 33.8 Å². The van der Waals surface area contributed by atoms with E-state index in [-0.39, 0.29) is 25.7 Å². The topological polar surface area (TPSA) is 237 Å². The van der Waals surface area contributed by atoms with Gasteiger partial charge in [-0.2, -0.15) is 0 Å². The number of carbonyl (C=O) groups excluding carboxylic acids is 4. The van der Waals surface area contributed by atoms with E-state index in [4.69, 9.17) is 37.0 Å². The van der Waals surface area contributed by atoms with E-state index in [0.717, 1.165) is 102 Å². The van der Waals surface area contributed by atoms with Crippen LogP contribution in [0.2, 0.25) is 0 Å². The highest BCUT2D eigenvalue weighted by Crippen LogP contribution is 2.45. The van der Waals surface area contributed by atoms with Crippen molar-refractivity contribution in [2.24, 2.45) is 11.8 Å². The van der Waals surface area contributed by atoms with Gasteiger partial charge in [-0.25, -0.2) is 9.13 Å². The van der Waals surface area contributed by atoms with Gasteiger partial charge in [-0.15, -0.1) is 0 Å². The van der Waals surface area contributed by atoms with E-state index in [9.17, 15) is 43.2 Å². The van der Waals surface area contributed by atoms with Crippen LogP contribution in [0.4, 0.5) is 0 Å². The summed E-state index contributed by atoms with van der Waals surface area (Å²) in [7, 11) is -9.93. The average Bonchev–Trinajstić information content (AvgIpc) is 0.902. The second-order valence-electron chi connectivity index (χ2n) is 32.2. The fraction of sp³-hybridized carbons (Fsp3) is 0.954. The van der Waals surface area contributed by atoms with Crippen molar-refractivity contribution in [2.75, 3.05) is 39.6 Å². The summed E-state index contributed by atoms with van der Waals surface area (Å²) >= 11 is 0. The number of aliphatic hydroxyl groups excluding tert-OH is 1. The Balaban J connectivity index is 5.21. The second kappa shape index (κ2) is 78.3. The monoisotopic (exact) mass is 1550 g/mol. The first-order chi connectivity index (χ1) is 51.4. The van der Waals surface area contributed by atoms with E-state index in [1.165, 1.54) is 276 Å². The number of unbranched alkanes of at least 4 members (excludes halogenated alkanes) is 56. The first kappa shape index (κ1) is 104. The molecule has 3 N–H and O–H groups in total. The number of aliphatic hydroxyl groups is 1. The van der Waals surface area contributed by atoms with Gasteiger partial charge >= 0.3 is 39.5 Å². The number of hydrogen-bond acceptors (Lipinski definition) is 15. The van der Waals surface area contributed by atoms with Crippen molar-refractivity contribution < 1.29 is 80.2 Å². The summed E-state index contributed by atoms with van der Waals surface area (Å²) in [6, 6.07) is 0. The number of hydrogen-bond donors (Lipinski definition) is 3. The molecule has 0 bridgehead atoms. The van der Waals surface area contributed by atoms with Gasteiger partial charge in [0.15, 0.2) is 12.2 Å². The largest absolute Gasteiger partial charge is 0.472 e. The third-order valence-electron chi connectivity index (χ3n) is 20.5. The van der Waals surface area contributed by atoms with Gasteiger partial charge in [0, 0.05) is 25.7 Å². The van der Waals surface area contributed by atoms with Crippen molar-refractivity contribution in [1.82, 2.24) is 0 Å². The van der Waals surface area contributed by atoms with Gasteiger partial charge in [0.2, 0.25) is 0 Å². The fourth-order valence-corrected chi connectivity index (χ4v) is 15.2. The molecular formula is C87H170O17P2. The van der Waals surface area contributed by atoms with Crippen LogP contribution in [0.15, 0.2) is 0 Å². The van der Waals surface area contributed by atoms with Gasteiger partial charge in [0.25, 0.3) is 0 Å². The van der Waals surface area contributed by atoms with Crippen LogP contribution in [0.5, 0.6) is 0 Å². The molecule has 0 saturated heterocycles. The molecule has 0 heterocycles. The Kier molecular flexibility index (Phi) is 76.9. The minimum Gasteiger partial charge on any atom is -0.462 e. The van der Waals surface area contributed by atoms with E-state index in [2.05, 4.69) is 41.5 Å². The Bertz CT molecular complexity index is 2030. The predicted molar refractivity (Wildman–Crippen MR) is 437 cm³/mol. The average molecular weight is 1550 g/mol. The van der Waals surface area contributed by atoms with Crippen LogP contribution in [0.25, 0.3) is 0 Å². The lowest BCUT2D eigenvalue weighted by Gasteiger charge is -2.21. The summed E-state index contributed by atoms with van der Waals surface area (Å²) in [6.07, 6.45) is 71.1. The predicted octanol–water partition coefficient (Wildman–Crippen LogP) is 26.6. The Hall–Kier alpha value is -1.94. The maximum atomic E-state index is 13.2. The molecule has 17 nitrogen and oxygen atoms in total. The molecule has 0 aromatic carbocycles. The normalized spacial score (nSPS) is 13.8. The highest BCUT2D eigenvalue weighted by atomic mass is 31.2. The smallest absolute Gasteiger partial charge is 0.462 e. The van der Waals surface area contributed by atoms with Crippen molar-refractivity contribution in [3.8, 4) is 0 Å². The molecule has 0 amide bonds. The summed E-state index contributed by atoms with van der Waals surface area (Å²) in [6.45, 7) is 9.61. The third-order valence-corrected chi connectivity index (χ3v) is 22.4. The van der Waals surface area contributed by atoms with E-state index >= 15 is 0 Å². The molecule has 5 atom stereocenters. The first-order valence-corrected chi connectivity index (χ1v) is 48.0. The molecule has 0 saturated carbocycles. The van der Waals surface area contributed by atoms with Crippen LogP contribution in [0.1, 0.15) is 465 Å². The summed E-state index contributed by atoms with van der Waals surface area (Å²) in [5.41, 5.74) is 0. The Labute approximate surface area is 651 Å². The molecule has 0 spiro atoms. The Morgan fingerprint density at radius 1 is 0.255 bits per heavy atom. The molecule has 19 heteroatoms. The quantitative estimate of drug-likeness (QED) is 0.0222. The van der Waals surface area contributed by atoms with Crippen molar-refractivity contribution in [2.45, 2.75) is 484 Å². The molecular weight excluding hydrogens is 1380 g/mol. The molecule has 0 radical (unpaired) electrons. The summed E-state index contributed by atoms with van der Waals surface area (Å²) in [5.74, 6) is -0.634. The van der Waals surface area contributed by atoms with Crippen LogP contribution in [0.3, 0.4) is 0 Å². The molecule has 0 aliphatic rings. The van der Waals surface area contributed by atoms with Gasteiger partial charge in [-0.05, 0) is 37.5 Å². The van der Waals surface area contributed by atoms with Crippen LogP contribution >= 0.6 is 15.6 Å². The van der Waals surface area contributed by atoms with E-state index in [1.54, 1.807) is 0 Å². The number of ether oxygens (including phenoxy) is 4. The third kappa shape index (κ3) is 80.1. The SMILES string of the molecule is CCCCCCCCCCCCCCCCCCCCCCCC(=O)OC[C@H](COP(=O)(O)OC[C@@H](O)COP(=O)(O)OC[C@@H](COC(=O)CCCCCCCCCC(C)C)OC(=O)CCCCCCCCCCCCCC(C)C)OC(=O)CCCCCCCCCCCCCCCCCCCCCCC. The second-order valence-corrected chi connectivity index (χ2v) is 35.1. The maximum absolute atomic E-state index is 13.2. The maximum Gasteiger partial charge on any atom is 0.472 e. The van der Waals surface area contributed by atoms with Gasteiger partial charge in [0.1, 0.15) is 19.3 Å². The zero-order valence-corrected chi connectivity index (χ0v) is 71.5. The van der Waals surface area contributed by atoms with Crippen molar-refractivity contribution in [1.29, 1.82) is 0 Å². The molecule has 2 unspecified atom stereocenters. The van der Waals surface area contributed by atoms with Crippen LogP contribution in [-0.2, 0) is 65.4 Å². The molecule has 0 fully saturated rings. The summed E-state index contributed by atoms with van der Waals surface area (Å²) in [4.78, 5) is 73.2. The van der Waals surface area contributed by atoms with Crippen molar-refractivity contribution >= 4 is 39.5 Å². The summed E-state index contributed by atoms with van der Waals surface area (Å²) in [5, 5.41) is 10.7. The van der Waals surface area contributed by atoms with E-state index in [1.807, 2.05) is 0 Å². The number of esters is 4. The van der Waals surface area contributed by atoms with E-state index in [0.29, 0.717) is 31.6 Å². The van der Waals surface area contributed by atoms with E-state index < -0.39 is 97.5 Å². The highest BCUT2D eigenvalue weighted by molar-refractivity contribution is 7.47. The van der Waals surface area contributed by atoms with Gasteiger partial charge in [-0.1, -0.05) is 414 Å². The molecule has 0 aromatic heterocycles. The highest BCUT2D eigenvalue weighted by Gasteiger charge is 2.30. The zero-order valence-electron chi connectivity index (χ0n) is 69.7. The van der Waals surface area contributed by atoms with Crippen molar-refractivity contribution in [3.63, 3.8) is 0 Å². The molecule has 0 aliphatic carbocycles. The lowest BCUT2D eigenvalue weighted by Crippen LogP contribution is -2.30. The number of rotatable bonds is 86. The number of phosphoric acid groups is 2. The number of phosphoric ester groups is 2. The first-order valence-electron chi connectivity index (χ1n) is 45.0. The Morgan fingerprint density at radius 2 is 0.434 bits per heavy atom. The molecule has 106 heavy (non-hydrogen) atoms. The van der Waals surface area contributed by atoms with Crippen LogP contribution in [0, 0.1) is 11.8 Å². The van der Waals surface area contributed by atoms with Gasteiger partial charge in [-0.3, -0.25) is 37.3 Å². The van der Waals surface area contributed by atoms with Crippen LogP contribution in [-0.4, -0.2) is 96.7 Å².